The molecule has 0 saturated carbocycles. The average molecular weight is 279 g/mol. The number of anilines is 1. The first-order valence-electron chi connectivity index (χ1n) is 6.41. The van der Waals surface area contributed by atoms with Crippen LogP contribution in [0.1, 0.15) is 18.7 Å². The van der Waals surface area contributed by atoms with Gasteiger partial charge in [-0.25, -0.2) is 4.98 Å². The Morgan fingerprint density at radius 2 is 2.32 bits per heavy atom. The lowest BCUT2D eigenvalue weighted by Crippen LogP contribution is -2.27. The van der Waals surface area contributed by atoms with Crippen molar-refractivity contribution in [2.45, 2.75) is 25.8 Å². The van der Waals surface area contributed by atoms with Crippen LogP contribution in [0.2, 0.25) is 0 Å². The van der Waals surface area contributed by atoms with E-state index >= 15 is 0 Å². The molecule has 0 amide bonds. The van der Waals surface area contributed by atoms with Crippen molar-refractivity contribution in [1.29, 1.82) is 0 Å². The largest absolute Gasteiger partial charge is 0.383 e. The maximum Gasteiger partial charge on any atom is 0.202 e. The minimum Gasteiger partial charge on any atom is -0.383 e. The van der Waals surface area contributed by atoms with Gasteiger partial charge in [0.2, 0.25) is 5.95 Å². The SMILES string of the molecule is COCCn1ccnc1NCC(C)(C)c1cccs1. The minimum absolute atomic E-state index is 0.103. The van der Waals surface area contributed by atoms with Gasteiger partial charge in [-0.15, -0.1) is 11.3 Å². The molecule has 2 aromatic rings. The van der Waals surface area contributed by atoms with Crippen LogP contribution in [-0.4, -0.2) is 29.8 Å². The molecule has 0 aliphatic heterocycles. The van der Waals surface area contributed by atoms with Crippen LogP contribution in [0.4, 0.5) is 5.95 Å². The van der Waals surface area contributed by atoms with Gasteiger partial charge in [0.15, 0.2) is 0 Å². The van der Waals surface area contributed by atoms with E-state index in [-0.39, 0.29) is 5.41 Å². The van der Waals surface area contributed by atoms with Gasteiger partial charge >= 0.3 is 0 Å². The molecule has 4 nitrogen and oxygen atoms in total. The molecule has 5 heteroatoms. The Morgan fingerprint density at radius 1 is 1.47 bits per heavy atom. The van der Waals surface area contributed by atoms with Crippen molar-refractivity contribution in [2.75, 3.05) is 25.6 Å². The summed E-state index contributed by atoms with van der Waals surface area (Å²) in [4.78, 5) is 5.74. The number of methoxy groups -OCH3 is 1. The van der Waals surface area contributed by atoms with Crippen LogP contribution < -0.4 is 5.32 Å². The monoisotopic (exact) mass is 279 g/mol. The van der Waals surface area contributed by atoms with E-state index in [0.717, 1.165) is 19.0 Å². The fraction of sp³-hybridized carbons (Fsp3) is 0.500. The Labute approximate surface area is 118 Å². The van der Waals surface area contributed by atoms with Crippen molar-refractivity contribution < 1.29 is 4.74 Å². The van der Waals surface area contributed by atoms with E-state index in [9.17, 15) is 0 Å². The van der Waals surface area contributed by atoms with Crippen molar-refractivity contribution in [1.82, 2.24) is 9.55 Å². The number of hydrogen-bond donors (Lipinski definition) is 1. The molecular formula is C14H21N3OS. The number of aromatic nitrogens is 2. The maximum absolute atomic E-state index is 5.10. The van der Waals surface area contributed by atoms with Crippen LogP contribution in [-0.2, 0) is 16.7 Å². The van der Waals surface area contributed by atoms with Crippen molar-refractivity contribution in [2.24, 2.45) is 0 Å². The highest BCUT2D eigenvalue weighted by Crippen LogP contribution is 2.27. The zero-order valence-corrected chi connectivity index (χ0v) is 12.5. The third kappa shape index (κ3) is 3.58. The number of hydrogen-bond acceptors (Lipinski definition) is 4. The topological polar surface area (TPSA) is 39.1 Å². The predicted octanol–water partition coefficient (Wildman–Crippen LogP) is 2.98. The lowest BCUT2D eigenvalue weighted by atomic mass is 9.91. The second-order valence-electron chi connectivity index (χ2n) is 5.15. The molecule has 1 N–H and O–H groups in total. The number of nitrogens with one attached hydrogen (secondary N) is 1. The number of nitrogens with zero attached hydrogens (tertiary/aromatic N) is 2. The molecule has 0 aromatic carbocycles. The van der Waals surface area contributed by atoms with Gasteiger partial charge in [0.25, 0.3) is 0 Å². The molecule has 0 aliphatic rings. The lowest BCUT2D eigenvalue weighted by Gasteiger charge is -2.24. The molecule has 0 unspecified atom stereocenters. The van der Waals surface area contributed by atoms with E-state index in [0.29, 0.717) is 6.61 Å². The fourth-order valence-electron chi connectivity index (χ4n) is 1.90. The van der Waals surface area contributed by atoms with E-state index in [1.54, 1.807) is 18.4 Å². The average Bonchev–Trinajstić information content (AvgIpc) is 3.05. The Morgan fingerprint density at radius 3 is 3.00 bits per heavy atom. The number of rotatable bonds is 7. The third-order valence-electron chi connectivity index (χ3n) is 3.13. The van der Waals surface area contributed by atoms with E-state index < -0.39 is 0 Å². The molecule has 0 aliphatic carbocycles. The second-order valence-corrected chi connectivity index (χ2v) is 6.10. The van der Waals surface area contributed by atoms with Crippen LogP contribution in [0.15, 0.2) is 29.9 Å². The third-order valence-corrected chi connectivity index (χ3v) is 4.36. The fourth-order valence-corrected chi connectivity index (χ4v) is 2.75. The van der Waals surface area contributed by atoms with Gasteiger partial charge in [-0.2, -0.15) is 0 Å². The summed E-state index contributed by atoms with van der Waals surface area (Å²) in [5.74, 6) is 0.904. The van der Waals surface area contributed by atoms with E-state index in [1.807, 2.05) is 12.4 Å². The molecule has 2 rings (SSSR count). The summed E-state index contributed by atoms with van der Waals surface area (Å²) in [6, 6.07) is 4.28. The minimum atomic E-state index is 0.103. The van der Waals surface area contributed by atoms with Crippen LogP contribution in [0.3, 0.4) is 0 Å². The summed E-state index contributed by atoms with van der Waals surface area (Å²) in [6.07, 6.45) is 3.79. The molecule has 0 spiro atoms. The van der Waals surface area contributed by atoms with Crippen molar-refractivity contribution in [3.63, 3.8) is 0 Å². The smallest absolute Gasteiger partial charge is 0.202 e. The first-order chi connectivity index (χ1) is 9.13. The summed E-state index contributed by atoms with van der Waals surface area (Å²) in [5, 5.41) is 5.56. The van der Waals surface area contributed by atoms with E-state index in [4.69, 9.17) is 4.74 Å². The molecule has 0 atom stereocenters. The van der Waals surface area contributed by atoms with Crippen LogP contribution in [0, 0.1) is 0 Å². The van der Waals surface area contributed by atoms with Gasteiger partial charge in [0.05, 0.1) is 6.61 Å². The van der Waals surface area contributed by atoms with Crippen LogP contribution in [0.25, 0.3) is 0 Å². The lowest BCUT2D eigenvalue weighted by molar-refractivity contribution is 0.187. The Kier molecular flexibility index (Phi) is 4.61. The van der Waals surface area contributed by atoms with E-state index in [2.05, 4.69) is 46.2 Å². The van der Waals surface area contributed by atoms with Crippen LogP contribution in [0.5, 0.6) is 0 Å². The van der Waals surface area contributed by atoms with Crippen molar-refractivity contribution in [3.05, 3.63) is 34.8 Å². The van der Waals surface area contributed by atoms with Crippen molar-refractivity contribution in [3.8, 4) is 0 Å². The first kappa shape index (κ1) is 14.1. The summed E-state index contributed by atoms with van der Waals surface area (Å²) >= 11 is 1.80. The van der Waals surface area contributed by atoms with Gasteiger partial charge in [0.1, 0.15) is 0 Å². The number of ether oxygens (including phenoxy) is 1. The predicted molar refractivity (Wildman–Crippen MR) is 79.9 cm³/mol. The number of thiophene rings is 1. The summed E-state index contributed by atoms with van der Waals surface area (Å²) in [6.45, 7) is 6.86. The highest BCUT2D eigenvalue weighted by Gasteiger charge is 2.22. The second kappa shape index (κ2) is 6.21. The van der Waals surface area contributed by atoms with E-state index in [1.165, 1.54) is 4.88 Å². The molecule has 0 fully saturated rings. The molecule has 0 bridgehead atoms. The first-order valence-corrected chi connectivity index (χ1v) is 7.29. The van der Waals surface area contributed by atoms with Gasteiger partial charge in [0, 0.05) is 42.9 Å². The quantitative estimate of drug-likeness (QED) is 0.847. The van der Waals surface area contributed by atoms with Gasteiger partial charge in [-0.1, -0.05) is 19.9 Å². The molecule has 2 heterocycles. The zero-order valence-electron chi connectivity index (χ0n) is 11.7. The standard InChI is InChI=1S/C14H21N3OS/c1-14(2,12-5-4-10-19-12)11-16-13-15-6-7-17(13)8-9-18-3/h4-7,10H,8-9,11H2,1-3H3,(H,15,16). The Hall–Kier alpha value is -1.33. The van der Waals surface area contributed by atoms with Gasteiger partial charge in [-0.3, -0.25) is 0 Å². The molecule has 104 valence electrons. The molecular weight excluding hydrogens is 258 g/mol. The summed E-state index contributed by atoms with van der Waals surface area (Å²) in [7, 11) is 1.71. The van der Waals surface area contributed by atoms with Crippen LogP contribution >= 0.6 is 11.3 Å². The molecule has 19 heavy (non-hydrogen) atoms. The molecule has 0 radical (unpaired) electrons. The molecule has 0 saturated heterocycles. The normalized spacial score (nSPS) is 11.7. The number of imidazole rings is 1. The molecule has 2 aromatic heterocycles. The summed E-state index contributed by atoms with van der Waals surface area (Å²) in [5.41, 5.74) is 0.103. The summed E-state index contributed by atoms with van der Waals surface area (Å²) < 4.78 is 7.18. The highest BCUT2D eigenvalue weighted by atomic mass is 32.1. The van der Waals surface area contributed by atoms with Gasteiger partial charge < -0.3 is 14.6 Å². The maximum atomic E-state index is 5.10. The van der Waals surface area contributed by atoms with Crippen molar-refractivity contribution >= 4 is 17.3 Å². The highest BCUT2D eigenvalue weighted by molar-refractivity contribution is 7.10. The Balaban J connectivity index is 1.97. The van der Waals surface area contributed by atoms with Gasteiger partial charge in [-0.05, 0) is 11.4 Å². The Bertz CT molecular complexity index is 491. The zero-order chi connectivity index (χ0) is 13.7.